The Morgan fingerprint density at radius 2 is 1.92 bits per heavy atom. The second-order valence-corrected chi connectivity index (χ2v) is 5.22. The fourth-order valence-electron chi connectivity index (χ4n) is 2.99. The van der Waals surface area contributed by atoms with Crippen molar-refractivity contribution in [3.05, 3.63) is 0 Å². The van der Waals surface area contributed by atoms with E-state index in [4.69, 9.17) is 5.73 Å². The summed E-state index contributed by atoms with van der Waals surface area (Å²) < 4.78 is 0. The third-order valence-electron chi connectivity index (χ3n) is 3.75. The Hall–Kier alpha value is -0.0800. The highest BCUT2D eigenvalue weighted by Gasteiger charge is 2.44. The van der Waals surface area contributed by atoms with Crippen LogP contribution in [-0.4, -0.2) is 31.1 Å². The summed E-state index contributed by atoms with van der Waals surface area (Å²) in [6.45, 7) is 7.02. The summed E-state index contributed by atoms with van der Waals surface area (Å²) in [5.74, 6) is 0.679. The molecule has 0 amide bonds. The molecule has 0 aromatic carbocycles. The van der Waals surface area contributed by atoms with Crippen LogP contribution < -0.4 is 5.73 Å². The van der Waals surface area contributed by atoms with E-state index in [0.717, 1.165) is 12.0 Å². The first kappa shape index (κ1) is 9.47. The van der Waals surface area contributed by atoms with Crippen LogP contribution in [0.5, 0.6) is 0 Å². The van der Waals surface area contributed by atoms with Crippen molar-refractivity contribution >= 4 is 0 Å². The van der Waals surface area contributed by atoms with Crippen LogP contribution in [-0.2, 0) is 0 Å². The van der Waals surface area contributed by atoms with E-state index in [9.17, 15) is 0 Å². The van der Waals surface area contributed by atoms with Gasteiger partial charge in [-0.3, -0.25) is 0 Å². The van der Waals surface area contributed by atoms with Crippen molar-refractivity contribution in [3.63, 3.8) is 0 Å². The molecule has 1 spiro atoms. The summed E-state index contributed by atoms with van der Waals surface area (Å²) in [4.78, 5) is 2.59. The van der Waals surface area contributed by atoms with Gasteiger partial charge in [0, 0.05) is 19.6 Å². The lowest BCUT2D eigenvalue weighted by Gasteiger charge is -2.49. The summed E-state index contributed by atoms with van der Waals surface area (Å²) >= 11 is 0. The molecule has 76 valence electrons. The highest BCUT2D eigenvalue weighted by atomic mass is 15.2. The lowest BCUT2D eigenvalue weighted by atomic mass is 9.78. The quantitative estimate of drug-likeness (QED) is 0.716. The first-order valence-corrected chi connectivity index (χ1v) is 5.66. The zero-order chi connectivity index (χ0) is 9.31. The van der Waals surface area contributed by atoms with Gasteiger partial charge in [-0.1, -0.05) is 19.8 Å². The van der Waals surface area contributed by atoms with Gasteiger partial charge in [-0.2, -0.15) is 0 Å². The zero-order valence-electron chi connectivity index (χ0n) is 8.76. The molecular formula is C11H22N2. The Kier molecular flexibility index (Phi) is 2.61. The van der Waals surface area contributed by atoms with Crippen LogP contribution in [0.15, 0.2) is 0 Å². The van der Waals surface area contributed by atoms with E-state index in [0.29, 0.717) is 5.92 Å². The molecule has 2 N–H and O–H groups in total. The number of hydrogen-bond donors (Lipinski definition) is 1. The second kappa shape index (κ2) is 3.58. The molecule has 1 saturated heterocycles. The maximum atomic E-state index is 5.62. The first-order chi connectivity index (χ1) is 6.24. The summed E-state index contributed by atoms with van der Waals surface area (Å²) in [6.07, 6.45) is 5.92. The van der Waals surface area contributed by atoms with Crippen molar-refractivity contribution < 1.29 is 0 Å². The van der Waals surface area contributed by atoms with Gasteiger partial charge in [-0.25, -0.2) is 0 Å². The van der Waals surface area contributed by atoms with E-state index in [-0.39, 0.29) is 0 Å². The molecule has 2 heteroatoms. The van der Waals surface area contributed by atoms with Crippen LogP contribution in [0, 0.1) is 11.3 Å². The van der Waals surface area contributed by atoms with Crippen LogP contribution in [0.1, 0.15) is 32.6 Å². The van der Waals surface area contributed by atoms with Crippen LogP contribution in [0.25, 0.3) is 0 Å². The molecule has 2 nitrogen and oxygen atoms in total. The SMILES string of the molecule is CC(CN)CN1CC2(CCCC2)C1. The van der Waals surface area contributed by atoms with Crippen molar-refractivity contribution in [1.82, 2.24) is 4.90 Å². The highest BCUT2D eigenvalue weighted by Crippen LogP contribution is 2.45. The summed E-state index contributed by atoms with van der Waals surface area (Å²) in [5.41, 5.74) is 6.38. The van der Waals surface area contributed by atoms with Crippen LogP contribution >= 0.6 is 0 Å². The minimum atomic E-state index is 0.679. The van der Waals surface area contributed by atoms with E-state index in [1.54, 1.807) is 0 Å². The van der Waals surface area contributed by atoms with Crippen LogP contribution in [0.4, 0.5) is 0 Å². The smallest absolute Gasteiger partial charge is 0.00506 e. The van der Waals surface area contributed by atoms with Crippen LogP contribution in [0.3, 0.4) is 0 Å². The van der Waals surface area contributed by atoms with Crippen molar-refractivity contribution in [2.75, 3.05) is 26.2 Å². The lowest BCUT2D eigenvalue weighted by Crippen LogP contribution is -2.56. The molecule has 1 aliphatic heterocycles. The normalized spacial score (nSPS) is 29.1. The van der Waals surface area contributed by atoms with Crippen molar-refractivity contribution in [2.24, 2.45) is 17.1 Å². The van der Waals surface area contributed by atoms with Gasteiger partial charge in [0.1, 0.15) is 0 Å². The maximum absolute atomic E-state index is 5.62. The summed E-state index contributed by atoms with van der Waals surface area (Å²) in [5, 5.41) is 0. The second-order valence-electron chi connectivity index (χ2n) is 5.22. The monoisotopic (exact) mass is 182 g/mol. The lowest BCUT2D eigenvalue weighted by molar-refractivity contribution is -0.00241. The van der Waals surface area contributed by atoms with Gasteiger partial charge < -0.3 is 10.6 Å². The molecule has 2 rings (SSSR count). The Labute approximate surface area is 81.5 Å². The zero-order valence-corrected chi connectivity index (χ0v) is 8.76. The average molecular weight is 182 g/mol. The molecule has 2 aliphatic rings. The number of nitrogens with two attached hydrogens (primary N) is 1. The fourth-order valence-corrected chi connectivity index (χ4v) is 2.99. The van der Waals surface area contributed by atoms with Crippen LogP contribution in [0.2, 0.25) is 0 Å². The van der Waals surface area contributed by atoms with E-state index in [1.165, 1.54) is 45.3 Å². The molecule has 1 heterocycles. The van der Waals surface area contributed by atoms with Gasteiger partial charge in [0.2, 0.25) is 0 Å². The molecule has 0 aromatic rings. The minimum Gasteiger partial charge on any atom is -0.330 e. The molecule has 1 unspecified atom stereocenters. The number of likely N-dealkylation sites (tertiary alicyclic amines) is 1. The van der Waals surface area contributed by atoms with Crippen molar-refractivity contribution in [2.45, 2.75) is 32.6 Å². The van der Waals surface area contributed by atoms with Gasteiger partial charge >= 0.3 is 0 Å². The standard InChI is InChI=1S/C11H22N2/c1-10(6-12)7-13-8-11(9-13)4-2-3-5-11/h10H,2-9,12H2,1H3. The molecule has 0 bridgehead atoms. The Morgan fingerprint density at radius 1 is 1.31 bits per heavy atom. The van der Waals surface area contributed by atoms with E-state index < -0.39 is 0 Å². The van der Waals surface area contributed by atoms with Gasteiger partial charge in [0.05, 0.1) is 0 Å². The molecule has 13 heavy (non-hydrogen) atoms. The predicted octanol–water partition coefficient (Wildman–Crippen LogP) is 1.46. The molecule has 0 aromatic heterocycles. The topological polar surface area (TPSA) is 29.3 Å². The summed E-state index contributed by atoms with van der Waals surface area (Å²) in [7, 11) is 0. The minimum absolute atomic E-state index is 0.679. The number of hydrogen-bond acceptors (Lipinski definition) is 2. The average Bonchev–Trinajstić information content (AvgIpc) is 2.52. The van der Waals surface area contributed by atoms with Gasteiger partial charge in [0.15, 0.2) is 0 Å². The Balaban J connectivity index is 1.71. The molecule has 1 saturated carbocycles. The highest BCUT2D eigenvalue weighted by molar-refractivity contribution is 4.97. The van der Waals surface area contributed by atoms with Crippen molar-refractivity contribution in [3.8, 4) is 0 Å². The van der Waals surface area contributed by atoms with E-state index in [2.05, 4.69) is 11.8 Å². The largest absolute Gasteiger partial charge is 0.330 e. The Morgan fingerprint density at radius 3 is 2.46 bits per heavy atom. The Bertz CT molecular complexity index is 165. The van der Waals surface area contributed by atoms with Gasteiger partial charge in [-0.15, -0.1) is 0 Å². The predicted molar refractivity (Wildman–Crippen MR) is 55.6 cm³/mol. The summed E-state index contributed by atoms with van der Waals surface area (Å²) in [6, 6.07) is 0. The van der Waals surface area contributed by atoms with Gasteiger partial charge in [0.25, 0.3) is 0 Å². The first-order valence-electron chi connectivity index (χ1n) is 5.66. The molecular weight excluding hydrogens is 160 g/mol. The number of rotatable bonds is 3. The maximum Gasteiger partial charge on any atom is 0.00506 e. The van der Waals surface area contributed by atoms with E-state index in [1.807, 2.05) is 0 Å². The number of nitrogens with zero attached hydrogens (tertiary/aromatic N) is 1. The molecule has 1 atom stereocenters. The third-order valence-corrected chi connectivity index (χ3v) is 3.75. The fraction of sp³-hybridized carbons (Fsp3) is 1.00. The van der Waals surface area contributed by atoms with E-state index >= 15 is 0 Å². The molecule has 2 fully saturated rings. The molecule has 0 radical (unpaired) electrons. The van der Waals surface area contributed by atoms with Crippen molar-refractivity contribution in [1.29, 1.82) is 0 Å². The van der Waals surface area contributed by atoms with Gasteiger partial charge in [-0.05, 0) is 30.7 Å². The third kappa shape index (κ3) is 1.89. The molecule has 1 aliphatic carbocycles.